The van der Waals surface area contributed by atoms with Crippen molar-refractivity contribution in [1.82, 2.24) is 19.5 Å². The van der Waals surface area contributed by atoms with E-state index in [-0.39, 0.29) is 15.8 Å². The maximum absolute atomic E-state index is 12.7. The first-order valence-corrected chi connectivity index (χ1v) is 13.5. The molecule has 9 nitrogen and oxygen atoms in total. The molecule has 35 heavy (non-hydrogen) atoms. The van der Waals surface area contributed by atoms with E-state index in [1.807, 2.05) is 48.9 Å². The van der Waals surface area contributed by atoms with Crippen LogP contribution in [0.4, 0.5) is 5.82 Å². The summed E-state index contributed by atoms with van der Waals surface area (Å²) < 4.78 is 28.1. The highest BCUT2D eigenvalue weighted by atomic mass is 35.5. The molecule has 0 spiro atoms. The van der Waals surface area contributed by atoms with Gasteiger partial charge in [0.15, 0.2) is 0 Å². The maximum Gasteiger partial charge on any atom is 0.242 e. The zero-order chi connectivity index (χ0) is 25.6. The largest absolute Gasteiger partial charge is 0.368 e. The molecule has 0 atom stereocenters. The van der Waals surface area contributed by atoms with Crippen molar-refractivity contribution >= 4 is 33.3 Å². The summed E-state index contributed by atoms with van der Waals surface area (Å²) in [6.07, 6.45) is 2.01. The topological polar surface area (TPSA) is 112 Å². The Hall–Kier alpha value is -2.24. The van der Waals surface area contributed by atoms with Crippen molar-refractivity contribution in [2.24, 2.45) is 5.73 Å². The van der Waals surface area contributed by atoms with Gasteiger partial charge >= 0.3 is 0 Å². The van der Waals surface area contributed by atoms with Crippen LogP contribution in [-0.4, -0.2) is 81.0 Å². The number of benzene rings is 1. The number of hydrogen-bond donors (Lipinski definition) is 2. The second-order valence-electron chi connectivity index (χ2n) is 9.35. The Labute approximate surface area is 213 Å². The normalized spacial score (nSPS) is 15.5. The van der Waals surface area contributed by atoms with Crippen molar-refractivity contribution in [1.29, 1.82) is 0 Å². The molecule has 1 aliphatic rings. The lowest BCUT2D eigenvalue weighted by atomic mass is 10.0. The molecular formula is C24H35ClN6O3S. The van der Waals surface area contributed by atoms with Crippen molar-refractivity contribution in [3.63, 3.8) is 0 Å². The van der Waals surface area contributed by atoms with E-state index in [0.717, 1.165) is 13.1 Å². The molecule has 192 valence electrons. The van der Waals surface area contributed by atoms with E-state index in [9.17, 15) is 13.2 Å². The number of halogens is 1. The van der Waals surface area contributed by atoms with Crippen LogP contribution in [0.15, 0.2) is 47.5 Å². The number of carbonyl (C=O) groups excluding carboxylic acids is 1. The van der Waals surface area contributed by atoms with Crippen LogP contribution in [0.25, 0.3) is 0 Å². The SMILES string of the molecule is CN(CCCNS(=O)(=O)c1cnc(N2CCN(C(C)(C)C(N)=O)CC2)c(Cl)c1)Cc1ccccc1. The second-order valence-corrected chi connectivity index (χ2v) is 11.5. The van der Waals surface area contributed by atoms with Crippen LogP contribution < -0.4 is 15.4 Å². The van der Waals surface area contributed by atoms with E-state index in [4.69, 9.17) is 17.3 Å². The van der Waals surface area contributed by atoms with Crippen molar-refractivity contribution in [3.8, 4) is 0 Å². The fourth-order valence-electron chi connectivity index (χ4n) is 4.04. The van der Waals surface area contributed by atoms with Gasteiger partial charge in [-0.1, -0.05) is 41.9 Å². The molecule has 1 amide bonds. The summed E-state index contributed by atoms with van der Waals surface area (Å²) in [4.78, 5) is 22.3. The van der Waals surface area contributed by atoms with E-state index in [1.54, 1.807) is 0 Å². The second kappa shape index (κ2) is 11.7. The van der Waals surface area contributed by atoms with Gasteiger partial charge in [-0.15, -0.1) is 0 Å². The average molecular weight is 523 g/mol. The molecule has 0 saturated carbocycles. The lowest BCUT2D eigenvalue weighted by Gasteiger charge is -2.42. The number of nitrogens with zero attached hydrogens (tertiary/aromatic N) is 4. The highest BCUT2D eigenvalue weighted by molar-refractivity contribution is 7.89. The van der Waals surface area contributed by atoms with Gasteiger partial charge in [0.05, 0.1) is 10.6 Å². The lowest BCUT2D eigenvalue weighted by molar-refractivity contribution is -0.128. The van der Waals surface area contributed by atoms with E-state index in [2.05, 4.69) is 26.7 Å². The van der Waals surface area contributed by atoms with Gasteiger partial charge in [-0.25, -0.2) is 18.1 Å². The number of nitrogens with one attached hydrogen (secondary N) is 1. The Bertz CT molecular complexity index is 1110. The van der Waals surface area contributed by atoms with Crippen LogP contribution in [0.1, 0.15) is 25.8 Å². The van der Waals surface area contributed by atoms with Crippen molar-refractivity contribution in [3.05, 3.63) is 53.2 Å². The predicted octanol–water partition coefficient (Wildman–Crippen LogP) is 1.92. The minimum Gasteiger partial charge on any atom is -0.368 e. The van der Waals surface area contributed by atoms with Crippen molar-refractivity contribution in [2.45, 2.75) is 37.2 Å². The molecule has 1 aromatic carbocycles. The first-order valence-electron chi connectivity index (χ1n) is 11.7. The summed E-state index contributed by atoms with van der Waals surface area (Å²) in [5.41, 5.74) is 6.01. The predicted molar refractivity (Wildman–Crippen MR) is 139 cm³/mol. The van der Waals surface area contributed by atoms with Crippen LogP contribution >= 0.6 is 11.6 Å². The fraction of sp³-hybridized carbons (Fsp3) is 0.500. The average Bonchev–Trinajstić information content (AvgIpc) is 2.82. The Morgan fingerprint density at radius 2 is 1.86 bits per heavy atom. The number of piperazine rings is 1. The monoisotopic (exact) mass is 522 g/mol. The van der Waals surface area contributed by atoms with Crippen LogP contribution in [0, 0.1) is 0 Å². The number of hydrogen-bond acceptors (Lipinski definition) is 7. The van der Waals surface area contributed by atoms with Crippen molar-refractivity contribution < 1.29 is 13.2 Å². The van der Waals surface area contributed by atoms with E-state index in [1.165, 1.54) is 17.8 Å². The zero-order valence-corrected chi connectivity index (χ0v) is 22.1. The summed E-state index contributed by atoms with van der Waals surface area (Å²) in [5.74, 6) is 0.164. The van der Waals surface area contributed by atoms with Gasteiger partial charge in [0.2, 0.25) is 15.9 Å². The maximum atomic E-state index is 12.7. The highest BCUT2D eigenvalue weighted by Gasteiger charge is 2.35. The number of rotatable bonds is 11. The lowest BCUT2D eigenvalue weighted by Crippen LogP contribution is -2.59. The third-order valence-corrected chi connectivity index (χ3v) is 8.09. The number of carbonyl (C=O) groups is 1. The van der Waals surface area contributed by atoms with Crippen LogP contribution in [0.5, 0.6) is 0 Å². The zero-order valence-electron chi connectivity index (χ0n) is 20.6. The van der Waals surface area contributed by atoms with Gasteiger partial charge in [-0.3, -0.25) is 9.69 Å². The molecular weight excluding hydrogens is 488 g/mol. The molecule has 2 heterocycles. The number of pyridine rings is 1. The van der Waals surface area contributed by atoms with Gasteiger partial charge in [0.1, 0.15) is 10.7 Å². The van der Waals surface area contributed by atoms with Crippen LogP contribution in [0.3, 0.4) is 0 Å². The number of nitrogens with two attached hydrogens (primary N) is 1. The molecule has 0 aliphatic carbocycles. The molecule has 3 N–H and O–H groups in total. The summed E-state index contributed by atoms with van der Waals surface area (Å²) >= 11 is 6.43. The molecule has 3 rings (SSSR count). The fourth-order valence-corrected chi connectivity index (χ4v) is 5.43. The number of primary amides is 1. The molecule has 0 radical (unpaired) electrons. The van der Waals surface area contributed by atoms with Crippen molar-refractivity contribution in [2.75, 3.05) is 51.2 Å². The van der Waals surface area contributed by atoms with Crippen LogP contribution in [-0.2, 0) is 21.4 Å². The minimum absolute atomic E-state index is 0.0392. The Morgan fingerprint density at radius 1 is 1.20 bits per heavy atom. The van der Waals surface area contributed by atoms with Gasteiger partial charge in [-0.05, 0) is 45.5 Å². The summed E-state index contributed by atoms with van der Waals surface area (Å²) in [7, 11) is -1.71. The third kappa shape index (κ3) is 7.14. The van der Waals surface area contributed by atoms with Gasteiger partial charge in [-0.2, -0.15) is 0 Å². The highest BCUT2D eigenvalue weighted by Crippen LogP contribution is 2.28. The quantitative estimate of drug-likeness (QED) is 0.433. The third-order valence-electron chi connectivity index (χ3n) is 6.38. The molecule has 0 unspecified atom stereocenters. The smallest absolute Gasteiger partial charge is 0.242 e. The Balaban J connectivity index is 1.51. The Morgan fingerprint density at radius 3 is 2.46 bits per heavy atom. The molecule has 1 aromatic heterocycles. The van der Waals surface area contributed by atoms with Gasteiger partial charge in [0.25, 0.3) is 0 Å². The molecule has 1 saturated heterocycles. The van der Waals surface area contributed by atoms with Gasteiger partial charge in [0, 0.05) is 45.5 Å². The molecule has 11 heteroatoms. The van der Waals surface area contributed by atoms with E-state index in [0.29, 0.717) is 45.0 Å². The summed E-state index contributed by atoms with van der Waals surface area (Å²) in [6.45, 7) is 7.95. The molecule has 1 aliphatic heterocycles. The number of anilines is 1. The Kier molecular flexibility index (Phi) is 9.11. The standard InChI is InChI=1S/C24H35ClN6O3S/c1-24(2,23(26)32)31-14-12-30(13-15-31)22-21(25)16-20(17-27-22)35(33,34)28-10-7-11-29(3)18-19-8-5-4-6-9-19/h4-6,8-9,16-17,28H,7,10-15,18H2,1-3H3,(H2,26,32). The molecule has 1 fully saturated rings. The van der Waals surface area contributed by atoms with Crippen LogP contribution in [0.2, 0.25) is 5.02 Å². The first kappa shape index (κ1) is 27.3. The van der Waals surface area contributed by atoms with E-state index < -0.39 is 15.6 Å². The number of aromatic nitrogens is 1. The first-order chi connectivity index (χ1) is 16.5. The minimum atomic E-state index is -3.72. The summed E-state index contributed by atoms with van der Waals surface area (Å²) in [6, 6.07) is 11.6. The van der Waals surface area contributed by atoms with E-state index >= 15 is 0 Å². The number of sulfonamides is 1. The molecule has 0 bridgehead atoms. The summed E-state index contributed by atoms with van der Waals surface area (Å²) in [5, 5.41) is 0.276. The molecule has 2 aromatic rings. The van der Waals surface area contributed by atoms with Gasteiger partial charge < -0.3 is 15.5 Å². The number of amides is 1.